The number of hydrogen-bond acceptors (Lipinski definition) is 7. The molecular formula is C16H20N6S. The number of pyridine rings is 1. The zero-order chi connectivity index (χ0) is 16.1. The maximum atomic E-state index is 8.81. The van der Waals surface area contributed by atoms with Gasteiger partial charge in [0.05, 0.1) is 6.20 Å². The van der Waals surface area contributed by atoms with Gasteiger partial charge in [-0.25, -0.2) is 9.97 Å². The van der Waals surface area contributed by atoms with Crippen LogP contribution >= 0.6 is 11.3 Å². The zero-order valence-corrected chi connectivity index (χ0v) is 14.0. The Bertz CT molecular complexity index is 667. The van der Waals surface area contributed by atoms with Gasteiger partial charge >= 0.3 is 0 Å². The normalized spacial score (nSPS) is 16.2. The summed E-state index contributed by atoms with van der Waals surface area (Å²) in [7, 11) is 0. The van der Waals surface area contributed by atoms with Crippen LogP contribution in [0.25, 0.3) is 0 Å². The number of piperazine rings is 1. The van der Waals surface area contributed by atoms with Gasteiger partial charge in [-0.15, -0.1) is 0 Å². The first-order valence-corrected chi connectivity index (χ1v) is 8.61. The van der Waals surface area contributed by atoms with Crippen LogP contribution in [0.4, 0.5) is 10.9 Å². The molecule has 3 heterocycles. The second-order valence-corrected chi connectivity index (χ2v) is 6.56. The third-order valence-electron chi connectivity index (χ3n) is 3.99. The van der Waals surface area contributed by atoms with E-state index in [1.807, 2.05) is 12.3 Å². The molecule has 3 rings (SSSR count). The summed E-state index contributed by atoms with van der Waals surface area (Å²) in [5, 5.41) is 12.6. The molecule has 0 saturated carbocycles. The molecule has 1 N–H and O–H groups in total. The number of likely N-dealkylation sites (N-methyl/N-ethyl adjacent to an activating group) is 1. The summed E-state index contributed by atoms with van der Waals surface area (Å²) < 4.78 is 0. The summed E-state index contributed by atoms with van der Waals surface area (Å²) >= 11 is 1.33. The fraction of sp³-hybridized carbons (Fsp3) is 0.438. The molecular weight excluding hydrogens is 308 g/mol. The highest BCUT2D eigenvalue weighted by atomic mass is 32.1. The van der Waals surface area contributed by atoms with Crippen molar-refractivity contribution < 1.29 is 0 Å². The van der Waals surface area contributed by atoms with Crippen LogP contribution < -0.4 is 5.32 Å². The quantitative estimate of drug-likeness (QED) is 0.908. The number of nitrogens with one attached hydrogen (secondary N) is 1. The van der Waals surface area contributed by atoms with E-state index in [2.05, 4.69) is 44.1 Å². The van der Waals surface area contributed by atoms with Crippen LogP contribution in [0.3, 0.4) is 0 Å². The molecule has 0 spiro atoms. The van der Waals surface area contributed by atoms with Crippen LogP contribution in [0.1, 0.15) is 17.4 Å². The van der Waals surface area contributed by atoms with E-state index in [0.29, 0.717) is 10.0 Å². The Morgan fingerprint density at radius 1 is 1.17 bits per heavy atom. The van der Waals surface area contributed by atoms with E-state index in [1.165, 1.54) is 16.9 Å². The average Bonchev–Trinajstić information content (AvgIpc) is 3.05. The van der Waals surface area contributed by atoms with E-state index >= 15 is 0 Å². The highest BCUT2D eigenvalue weighted by Crippen LogP contribution is 2.21. The number of nitrogens with zero attached hydrogens (tertiary/aromatic N) is 5. The predicted molar refractivity (Wildman–Crippen MR) is 91.7 cm³/mol. The number of nitriles is 1. The van der Waals surface area contributed by atoms with Crippen molar-refractivity contribution >= 4 is 22.3 Å². The Kier molecular flexibility index (Phi) is 5.18. The van der Waals surface area contributed by atoms with Crippen LogP contribution in [0.15, 0.2) is 24.5 Å². The van der Waals surface area contributed by atoms with Crippen molar-refractivity contribution in [2.75, 3.05) is 38.0 Å². The van der Waals surface area contributed by atoms with E-state index in [1.54, 1.807) is 6.20 Å². The molecule has 0 radical (unpaired) electrons. The zero-order valence-electron chi connectivity index (χ0n) is 13.2. The van der Waals surface area contributed by atoms with Gasteiger partial charge in [-0.3, -0.25) is 4.90 Å². The SMILES string of the molecule is CCN1CCN(Cc2ccc(Nc3ncc(C#N)s3)nc2)CC1. The van der Waals surface area contributed by atoms with Crippen molar-refractivity contribution in [1.29, 1.82) is 5.26 Å². The average molecular weight is 328 g/mol. The van der Waals surface area contributed by atoms with Gasteiger partial charge in [0, 0.05) is 38.9 Å². The predicted octanol–water partition coefficient (Wildman–Crippen LogP) is 2.29. The Hall–Kier alpha value is -2.01. The third-order valence-corrected chi connectivity index (χ3v) is 4.81. The number of thiazole rings is 1. The lowest BCUT2D eigenvalue weighted by atomic mass is 10.2. The first kappa shape index (κ1) is 15.9. The molecule has 1 fully saturated rings. The van der Waals surface area contributed by atoms with Crippen LogP contribution in [0.2, 0.25) is 0 Å². The molecule has 120 valence electrons. The number of rotatable bonds is 5. The minimum atomic E-state index is 0.593. The molecule has 7 heteroatoms. The van der Waals surface area contributed by atoms with Crippen molar-refractivity contribution in [3.8, 4) is 6.07 Å². The highest BCUT2D eigenvalue weighted by Gasteiger charge is 2.15. The minimum Gasteiger partial charge on any atom is -0.316 e. The van der Waals surface area contributed by atoms with Gasteiger partial charge in [-0.2, -0.15) is 5.26 Å². The molecule has 6 nitrogen and oxygen atoms in total. The molecule has 0 aliphatic carbocycles. The van der Waals surface area contributed by atoms with Gasteiger partial charge in [0.1, 0.15) is 16.8 Å². The minimum absolute atomic E-state index is 0.593. The topological polar surface area (TPSA) is 68.1 Å². The first-order valence-electron chi connectivity index (χ1n) is 7.79. The summed E-state index contributed by atoms with van der Waals surface area (Å²) in [5.74, 6) is 0.753. The standard InChI is InChI=1S/C16H20N6S/c1-2-21-5-7-22(8-6-21)12-13-3-4-15(18-10-13)20-16-19-11-14(9-17)23-16/h3-4,10-11H,2,5-8,12H2,1H3,(H,18,19,20). The molecule has 0 unspecified atom stereocenters. The molecule has 2 aromatic rings. The fourth-order valence-corrected chi connectivity index (χ4v) is 3.23. The largest absolute Gasteiger partial charge is 0.316 e. The van der Waals surface area contributed by atoms with Gasteiger partial charge < -0.3 is 10.2 Å². The second-order valence-electron chi connectivity index (χ2n) is 5.53. The van der Waals surface area contributed by atoms with Crippen LogP contribution in [0.5, 0.6) is 0 Å². The monoisotopic (exact) mass is 328 g/mol. The lowest BCUT2D eigenvalue weighted by molar-refractivity contribution is 0.132. The maximum Gasteiger partial charge on any atom is 0.189 e. The van der Waals surface area contributed by atoms with E-state index in [0.717, 1.165) is 45.1 Å². The number of hydrogen-bond donors (Lipinski definition) is 1. The molecule has 0 amide bonds. The Morgan fingerprint density at radius 2 is 1.96 bits per heavy atom. The Balaban J connectivity index is 1.54. The number of anilines is 2. The molecule has 1 saturated heterocycles. The third kappa shape index (κ3) is 4.26. The van der Waals surface area contributed by atoms with Gasteiger partial charge in [0.2, 0.25) is 0 Å². The van der Waals surface area contributed by atoms with Gasteiger partial charge in [-0.1, -0.05) is 24.3 Å². The molecule has 2 aromatic heterocycles. The van der Waals surface area contributed by atoms with E-state index < -0.39 is 0 Å². The smallest absolute Gasteiger partial charge is 0.189 e. The van der Waals surface area contributed by atoms with E-state index in [9.17, 15) is 0 Å². The first-order chi connectivity index (χ1) is 11.3. The Labute approximate surface area is 140 Å². The maximum absolute atomic E-state index is 8.81. The van der Waals surface area contributed by atoms with Gasteiger partial charge in [0.15, 0.2) is 5.13 Å². The van der Waals surface area contributed by atoms with Crippen molar-refractivity contribution in [3.63, 3.8) is 0 Å². The summed E-state index contributed by atoms with van der Waals surface area (Å²) in [4.78, 5) is 14.1. The van der Waals surface area contributed by atoms with Crippen molar-refractivity contribution in [3.05, 3.63) is 35.0 Å². The Morgan fingerprint density at radius 3 is 2.57 bits per heavy atom. The molecule has 1 aliphatic heterocycles. The molecule has 0 aromatic carbocycles. The molecule has 23 heavy (non-hydrogen) atoms. The summed E-state index contributed by atoms with van der Waals surface area (Å²) in [6, 6.07) is 6.14. The van der Waals surface area contributed by atoms with Gasteiger partial charge in [-0.05, 0) is 18.2 Å². The lowest BCUT2D eigenvalue weighted by Crippen LogP contribution is -2.45. The molecule has 0 atom stereocenters. The lowest BCUT2D eigenvalue weighted by Gasteiger charge is -2.33. The summed E-state index contributed by atoms with van der Waals surface area (Å²) in [5.41, 5.74) is 1.22. The van der Waals surface area contributed by atoms with E-state index in [-0.39, 0.29) is 0 Å². The van der Waals surface area contributed by atoms with Gasteiger partial charge in [0.25, 0.3) is 0 Å². The van der Waals surface area contributed by atoms with Crippen LogP contribution in [-0.2, 0) is 6.54 Å². The highest BCUT2D eigenvalue weighted by molar-refractivity contribution is 7.16. The molecule has 1 aliphatic rings. The fourth-order valence-electron chi connectivity index (χ4n) is 2.61. The van der Waals surface area contributed by atoms with Crippen LogP contribution in [0, 0.1) is 11.3 Å². The van der Waals surface area contributed by atoms with Crippen molar-refractivity contribution in [2.45, 2.75) is 13.5 Å². The van der Waals surface area contributed by atoms with Crippen molar-refractivity contribution in [2.24, 2.45) is 0 Å². The van der Waals surface area contributed by atoms with Crippen LogP contribution in [-0.4, -0.2) is 52.5 Å². The summed E-state index contributed by atoms with van der Waals surface area (Å²) in [6.07, 6.45) is 3.48. The second kappa shape index (κ2) is 7.51. The number of aromatic nitrogens is 2. The molecule has 0 bridgehead atoms. The van der Waals surface area contributed by atoms with Crippen molar-refractivity contribution in [1.82, 2.24) is 19.8 Å². The van der Waals surface area contributed by atoms with E-state index in [4.69, 9.17) is 5.26 Å². The summed E-state index contributed by atoms with van der Waals surface area (Å²) in [6.45, 7) is 8.82.